The van der Waals surface area contributed by atoms with Crippen molar-refractivity contribution in [2.45, 2.75) is 19.8 Å². The molecule has 0 N–H and O–H groups in total. The second-order valence-electron chi connectivity index (χ2n) is 4.45. The first-order valence-corrected chi connectivity index (χ1v) is 6.12. The molecule has 1 fully saturated rings. The van der Waals surface area contributed by atoms with E-state index in [1.54, 1.807) is 4.90 Å². The number of benzene rings is 1. The Morgan fingerprint density at radius 1 is 1.50 bits per heavy atom. The van der Waals surface area contributed by atoms with Crippen LogP contribution < -0.4 is 4.90 Å². The van der Waals surface area contributed by atoms with Crippen LogP contribution in [-0.2, 0) is 20.7 Å². The van der Waals surface area contributed by atoms with Gasteiger partial charge in [0, 0.05) is 18.7 Å². The minimum Gasteiger partial charge on any atom is -0.469 e. The minimum atomic E-state index is -0.340. The third-order valence-electron chi connectivity index (χ3n) is 3.29. The summed E-state index contributed by atoms with van der Waals surface area (Å²) >= 11 is 0. The van der Waals surface area contributed by atoms with E-state index in [1.165, 1.54) is 12.7 Å². The van der Waals surface area contributed by atoms with Gasteiger partial charge in [0.15, 0.2) is 0 Å². The smallest absolute Gasteiger partial charge is 0.311 e. The number of nitrogens with zero attached hydrogens (tertiary/aromatic N) is 1. The maximum atomic E-state index is 11.9. The van der Waals surface area contributed by atoms with E-state index in [9.17, 15) is 9.59 Å². The van der Waals surface area contributed by atoms with Gasteiger partial charge >= 0.3 is 5.97 Å². The summed E-state index contributed by atoms with van der Waals surface area (Å²) in [6, 6.07) is 7.86. The zero-order valence-corrected chi connectivity index (χ0v) is 10.7. The van der Waals surface area contributed by atoms with E-state index in [0.717, 1.165) is 12.1 Å². The zero-order valence-electron chi connectivity index (χ0n) is 10.7. The highest BCUT2D eigenvalue weighted by Crippen LogP contribution is 2.26. The van der Waals surface area contributed by atoms with Crippen LogP contribution in [0.2, 0.25) is 0 Å². The standard InChI is InChI=1S/C14H17NO3/c1-3-10-5-4-6-12(7-10)15-9-11(8-13(15)16)14(17)18-2/h4-7,11H,3,8-9H2,1-2H3. The molecule has 0 aliphatic carbocycles. The van der Waals surface area contributed by atoms with E-state index in [2.05, 4.69) is 6.92 Å². The summed E-state index contributed by atoms with van der Waals surface area (Å²) < 4.78 is 4.69. The molecular weight excluding hydrogens is 230 g/mol. The van der Waals surface area contributed by atoms with Crippen molar-refractivity contribution in [3.8, 4) is 0 Å². The van der Waals surface area contributed by atoms with Crippen molar-refractivity contribution in [3.05, 3.63) is 29.8 Å². The van der Waals surface area contributed by atoms with E-state index in [-0.39, 0.29) is 24.2 Å². The lowest BCUT2D eigenvalue weighted by Crippen LogP contribution is -2.26. The molecule has 1 aliphatic heterocycles. The van der Waals surface area contributed by atoms with Gasteiger partial charge in [0.1, 0.15) is 0 Å². The highest BCUT2D eigenvalue weighted by molar-refractivity contribution is 5.99. The summed E-state index contributed by atoms with van der Waals surface area (Å²) in [5, 5.41) is 0. The summed E-state index contributed by atoms with van der Waals surface area (Å²) in [5.74, 6) is -0.663. The predicted octanol–water partition coefficient (Wildman–Crippen LogP) is 1.77. The van der Waals surface area contributed by atoms with Gasteiger partial charge < -0.3 is 9.64 Å². The second kappa shape index (κ2) is 5.21. The van der Waals surface area contributed by atoms with E-state index in [0.29, 0.717) is 6.54 Å². The largest absolute Gasteiger partial charge is 0.469 e. The molecule has 1 aromatic rings. The fraction of sp³-hybridized carbons (Fsp3) is 0.429. The molecule has 0 radical (unpaired) electrons. The van der Waals surface area contributed by atoms with Gasteiger partial charge in [-0.1, -0.05) is 19.1 Å². The summed E-state index contributed by atoms with van der Waals surface area (Å²) in [7, 11) is 1.35. The number of hydrogen-bond acceptors (Lipinski definition) is 3. The van der Waals surface area contributed by atoms with E-state index >= 15 is 0 Å². The molecule has 1 aromatic carbocycles. The number of esters is 1. The Kier molecular flexibility index (Phi) is 3.65. The summed E-state index contributed by atoms with van der Waals surface area (Å²) in [5.41, 5.74) is 2.05. The molecule has 0 aromatic heterocycles. The average Bonchev–Trinajstić information content (AvgIpc) is 2.80. The molecule has 1 unspecified atom stereocenters. The van der Waals surface area contributed by atoms with Crippen molar-refractivity contribution >= 4 is 17.6 Å². The number of carbonyl (C=O) groups excluding carboxylic acids is 2. The monoisotopic (exact) mass is 247 g/mol. The maximum absolute atomic E-state index is 11.9. The fourth-order valence-corrected chi connectivity index (χ4v) is 2.23. The van der Waals surface area contributed by atoms with Gasteiger partial charge in [-0.15, -0.1) is 0 Å². The van der Waals surface area contributed by atoms with Gasteiger partial charge in [-0.2, -0.15) is 0 Å². The Bertz CT molecular complexity index is 470. The molecule has 0 saturated carbocycles. The molecular formula is C14H17NO3. The van der Waals surface area contributed by atoms with Gasteiger partial charge in [0.2, 0.25) is 5.91 Å². The molecule has 1 amide bonds. The Morgan fingerprint density at radius 2 is 2.28 bits per heavy atom. The predicted molar refractivity (Wildman–Crippen MR) is 68.3 cm³/mol. The first-order valence-electron chi connectivity index (χ1n) is 6.12. The van der Waals surface area contributed by atoms with Gasteiger partial charge in [0.05, 0.1) is 13.0 Å². The molecule has 1 heterocycles. The van der Waals surface area contributed by atoms with Crippen LogP contribution in [-0.4, -0.2) is 25.5 Å². The van der Waals surface area contributed by atoms with Gasteiger partial charge in [-0.25, -0.2) is 0 Å². The summed E-state index contributed by atoms with van der Waals surface area (Å²) in [4.78, 5) is 25.0. The molecule has 0 spiro atoms. The number of aryl methyl sites for hydroxylation is 1. The van der Waals surface area contributed by atoms with Crippen LogP contribution in [0.3, 0.4) is 0 Å². The van der Waals surface area contributed by atoms with E-state index < -0.39 is 0 Å². The lowest BCUT2D eigenvalue weighted by atomic mass is 10.1. The van der Waals surface area contributed by atoms with Crippen molar-refractivity contribution in [2.24, 2.45) is 5.92 Å². The third kappa shape index (κ3) is 2.37. The van der Waals surface area contributed by atoms with Crippen molar-refractivity contribution in [1.29, 1.82) is 0 Å². The lowest BCUT2D eigenvalue weighted by molar-refractivity contribution is -0.145. The number of rotatable bonds is 3. The van der Waals surface area contributed by atoms with Gasteiger partial charge in [-0.3, -0.25) is 9.59 Å². The Hall–Kier alpha value is -1.84. The lowest BCUT2D eigenvalue weighted by Gasteiger charge is -2.17. The highest BCUT2D eigenvalue weighted by atomic mass is 16.5. The number of amides is 1. The fourth-order valence-electron chi connectivity index (χ4n) is 2.23. The molecule has 4 nitrogen and oxygen atoms in total. The second-order valence-corrected chi connectivity index (χ2v) is 4.45. The summed E-state index contributed by atoms with van der Waals surface area (Å²) in [6.07, 6.45) is 1.17. The first-order chi connectivity index (χ1) is 8.65. The topological polar surface area (TPSA) is 46.6 Å². The number of hydrogen-bond donors (Lipinski definition) is 0. The first kappa shape index (κ1) is 12.6. The molecule has 96 valence electrons. The van der Waals surface area contributed by atoms with E-state index in [1.807, 2.05) is 24.3 Å². The quantitative estimate of drug-likeness (QED) is 0.765. The molecule has 4 heteroatoms. The van der Waals surface area contributed by atoms with Crippen molar-refractivity contribution in [3.63, 3.8) is 0 Å². The Balaban J connectivity index is 2.18. The summed E-state index contributed by atoms with van der Waals surface area (Å²) in [6.45, 7) is 2.49. The van der Waals surface area contributed by atoms with Crippen LogP contribution >= 0.6 is 0 Å². The van der Waals surface area contributed by atoms with Crippen molar-refractivity contribution in [2.75, 3.05) is 18.6 Å². The molecule has 18 heavy (non-hydrogen) atoms. The van der Waals surface area contributed by atoms with Crippen LogP contribution in [0.1, 0.15) is 18.9 Å². The number of methoxy groups -OCH3 is 1. The molecule has 2 rings (SSSR count). The average molecular weight is 247 g/mol. The van der Waals surface area contributed by atoms with Crippen LogP contribution in [0.25, 0.3) is 0 Å². The zero-order chi connectivity index (χ0) is 13.1. The SMILES string of the molecule is CCc1cccc(N2CC(C(=O)OC)CC2=O)c1. The van der Waals surface area contributed by atoms with Crippen molar-refractivity contribution in [1.82, 2.24) is 0 Å². The third-order valence-corrected chi connectivity index (χ3v) is 3.29. The van der Waals surface area contributed by atoms with Crippen LogP contribution in [0, 0.1) is 5.92 Å². The molecule has 1 saturated heterocycles. The molecule has 0 bridgehead atoms. The Labute approximate surface area is 107 Å². The minimum absolute atomic E-state index is 0.0151. The maximum Gasteiger partial charge on any atom is 0.311 e. The van der Waals surface area contributed by atoms with Crippen LogP contribution in [0.4, 0.5) is 5.69 Å². The Morgan fingerprint density at radius 3 is 2.94 bits per heavy atom. The number of anilines is 1. The normalized spacial score (nSPS) is 19.1. The molecule has 1 atom stereocenters. The highest BCUT2D eigenvalue weighted by Gasteiger charge is 2.35. The molecule has 1 aliphatic rings. The van der Waals surface area contributed by atoms with Gasteiger partial charge in [0.25, 0.3) is 0 Å². The van der Waals surface area contributed by atoms with Crippen LogP contribution in [0.15, 0.2) is 24.3 Å². The van der Waals surface area contributed by atoms with Crippen molar-refractivity contribution < 1.29 is 14.3 Å². The number of ether oxygens (including phenoxy) is 1. The number of carbonyl (C=O) groups is 2. The van der Waals surface area contributed by atoms with E-state index in [4.69, 9.17) is 4.74 Å². The van der Waals surface area contributed by atoms with Crippen LogP contribution in [0.5, 0.6) is 0 Å². The van der Waals surface area contributed by atoms with Gasteiger partial charge in [-0.05, 0) is 24.1 Å².